The smallest absolute Gasteiger partial charge is 0.369 e. The normalized spacial score (nSPS) is 12.2. The van der Waals surface area contributed by atoms with Crippen molar-refractivity contribution in [1.29, 1.82) is 0 Å². The van der Waals surface area contributed by atoms with Crippen LogP contribution >= 0.6 is 11.5 Å². The lowest BCUT2D eigenvalue weighted by atomic mass is 10.2. The van der Waals surface area contributed by atoms with Crippen LogP contribution in [-0.4, -0.2) is 28.1 Å². The zero-order chi connectivity index (χ0) is 12.8. The molecule has 0 saturated heterocycles. The Bertz CT molecular complexity index is 427. The third-order valence-electron chi connectivity index (χ3n) is 2.19. The number of carbonyl (C=O) groups excluding carboxylic acids is 1. The van der Waals surface area contributed by atoms with Crippen LogP contribution in [0, 0.1) is 0 Å². The molecule has 0 aliphatic rings. The molecule has 17 heavy (non-hydrogen) atoms. The number of ether oxygens (including phenoxy) is 1. The molecule has 0 aromatic carbocycles. The van der Waals surface area contributed by atoms with Gasteiger partial charge in [-0.1, -0.05) is 19.8 Å². The number of aromatic nitrogens is 2. The van der Waals surface area contributed by atoms with Gasteiger partial charge in [0.25, 0.3) is 5.19 Å². The minimum atomic E-state index is -0.605. The monoisotopic (exact) mass is 259 g/mol. The van der Waals surface area contributed by atoms with Crippen LogP contribution in [0.4, 0.5) is 4.79 Å². The lowest BCUT2D eigenvalue weighted by Crippen LogP contribution is -2.30. The van der Waals surface area contributed by atoms with Crippen molar-refractivity contribution < 1.29 is 9.53 Å². The standard InChI is InChI=1S/C10H17N3O3S/c1-4-5-6-7(2)16-10-12-9(15)13(17-10)8(14)11-3/h7H,4-6H2,1-3H3,(H,11,14). The van der Waals surface area contributed by atoms with Crippen LogP contribution in [0.1, 0.15) is 33.1 Å². The highest BCUT2D eigenvalue weighted by Crippen LogP contribution is 2.15. The van der Waals surface area contributed by atoms with Gasteiger partial charge < -0.3 is 10.1 Å². The summed E-state index contributed by atoms with van der Waals surface area (Å²) >= 11 is 0.913. The quantitative estimate of drug-likeness (QED) is 0.868. The Kier molecular flexibility index (Phi) is 5.14. The number of unbranched alkanes of at least 4 members (excludes halogenated alkanes) is 1. The molecule has 0 saturated carbocycles. The first-order valence-electron chi connectivity index (χ1n) is 5.57. The molecule has 1 atom stereocenters. The lowest BCUT2D eigenvalue weighted by Gasteiger charge is -2.10. The van der Waals surface area contributed by atoms with Gasteiger partial charge in [0.1, 0.15) is 0 Å². The van der Waals surface area contributed by atoms with Crippen LogP contribution < -0.4 is 15.7 Å². The highest BCUT2D eigenvalue weighted by molar-refractivity contribution is 7.09. The van der Waals surface area contributed by atoms with Crippen LogP contribution in [0.15, 0.2) is 4.79 Å². The van der Waals surface area contributed by atoms with Crippen molar-refractivity contribution in [2.45, 2.75) is 39.2 Å². The first-order valence-corrected chi connectivity index (χ1v) is 6.35. The topological polar surface area (TPSA) is 73.2 Å². The molecule has 1 N–H and O–H groups in total. The van der Waals surface area contributed by atoms with Crippen LogP contribution in [-0.2, 0) is 0 Å². The summed E-state index contributed by atoms with van der Waals surface area (Å²) in [4.78, 5) is 26.3. The molecule has 0 aliphatic heterocycles. The fraction of sp³-hybridized carbons (Fsp3) is 0.700. The molecular formula is C10H17N3O3S. The summed E-state index contributed by atoms with van der Waals surface area (Å²) in [6, 6.07) is -0.497. The van der Waals surface area contributed by atoms with Crippen molar-refractivity contribution in [3.8, 4) is 5.19 Å². The zero-order valence-electron chi connectivity index (χ0n) is 10.2. The first kappa shape index (κ1) is 13.7. The fourth-order valence-electron chi connectivity index (χ4n) is 1.26. The number of amides is 1. The number of hydrogen-bond acceptors (Lipinski definition) is 5. The summed E-state index contributed by atoms with van der Waals surface area (Å²) in [5, 5.41) is 2.60. The summed E-state index contributed by atoms with van der Waals surface area (Å²) in [5.41, 5.74) is -0.605. The summed E-state index contributed by atoms with van der Waals surface area (Å²) in [6.45, 7) is 4.02. The second-order valence-electron chi connectivity index (χ2n) is 3.67. The second-order valence-corrected chi connectivity index (χ2v) is 4.57. The third kappa shape index (κ3) is 3.85. The maximum atomic E-state index is 11.4. The van der Waals surface area contributed by atoms with Crippen LogP contribution in [0.2, 0.25) is 0 Å². The minimum Gasteiger partial charge on any atom is -0.466 e. The molecule has 0 aliphatic carbocycles. The number of rotatable bonds is 5. The predicted octanol–water partition coefficient (Wildman–Crippen LogP) is 1.45. The summed E-state index contributed by atoms with van der Waals surface area (Å²) < 4.78 is 6.41. The van der Waals surface area contributed by atoms with E-state index in [0.717, 1.165) is 34.8 Å². The van der Waals surface area contributed by atoms with E-state index in [4.69, 9.17) is 4.74 Å². The van der Waals surface area contributed by atoms with E-state index in [1.54, 1.807) is 0 Å². The fourth-order valence-corrected chi connectivity index (χ4v) is 2.04. The maximum absolute atomic E-state index is 11.4. The van der Waals surface area contributed by atoms with Gasteiger partial charge in [0, 0.05) is 18.6 Å². The summed E-state index contributed by atoms with van der Waals surface area (Å²) in [6.07, 6.45) is 3.06. The Morgan fingerprint density at radius 1 is 1.65 bits per heavy atom. The van der Waals surface area contributed by atoms with Gasteiger partial charge in [0.2, 0.25) is 0 Å². The number of carbonyl (C=O) groups is 1. The van der Waals surface area contributed by atoms with Gasteiger partial charge in [-0.15, -0.1) is 4.98 Å². The van der Waals surface area contributed by atoms with Crippen molar-refractivity contribution >= 4 is 17.6 Å². The predicted molar refractivity (Wildman–Crippen MR) is 65.8 cm³/mol. The molecule has 6 nitrogen and oxygen atoms in total. The molecule has 96 valence electrons. The van der Waals surface area contributed by atoms with E-state index < -0.39 is 11.7 Å². The Balaban J connectivity index is 2.67. The van der Waals surface area contributed by atoms with Gasteiger partial charge in [0.15, 0.2) is 0 Å². The molecule has 1 rings (SSSR count). The molecule has 0 fully saturated rings. The zero-order valence-corrected chi connectivity index (χ0v) is 11.0. The van der Waals surface area contributed by atoms with E-state index >= 15 is 0 Å². The van der Waals surface area contributed by atoms with E-state index in [2.05, 4.69) is 17.2 Å². The van der Waals surface area contributed by atoms with Gasteiger partial charge in [-0.05, 0) is 13.3 Å². The van der Waals surface area contributed by atoms with Gasteiger partial charge >= 0.3 is 11.7 Å². The average molecular weight is 259 g/mol. The summed E-state index contributed by atoms with van der Waals surface area (Å²) in [7, 11) is 1.46. The van der Waals surface area contributed by atoms with E-state index in [0.29, 0.717) is 0 Å². The molecule has 0 radical (unpaired) electrons. The van der Waals surface area contributed by atoms with Crippen molar-refractivity contribution in [3.63, 3.8) is 0 Å². The van der Waals surface area contributed by atoms with Gasteiger partial charge in [-0.3, -0.25) is 0 Å². The molecule has 1 aromatic rings. The largest absolute Gasteiger partial charge is 0.466 e. The van der Waals surface area contributed by atoms with Crippen molar-refractivity contribution in [2.24, 2.45) is 0 Å². The van der Waals surface area contributed by atoms with Crippen molar-refractivity contribution in [1.82, 2.24) is 14.3 Å². The number of hydrogen-bond donors (Lipinski definition) is 1. The lowest BCUT2D eigenvalue weighted by molar-refractivity contribution is 0.206. The van der Waals surface area contributed by atoms with Gasteiger partial charge in [-0.2, -0.15) is 3.96 Å². The van der Waals surface area contributed by atoms with Crippen LogP contribution in [0.25, 0.3) is 0 Å². The Hall–Kier alpha value is -1.37. The molecule has 1 aromatic heterocycles. The van der Waals surface area contributed by atoms with Gasteiger partial charge in [-0.25, -0.2) is 9.59 Å². The maximum Gasteiger partial charge on any atom is 0.369 e. The molecular weight excluding hydrogens is 242 g/mol. The number of nitrogens with zero attached hydrogens (tertiary/aromatic N) is 2. The minimum absolute atomic E-state index is 0.00126. The third-order valence-corrected chi connectivity index (χ3v) is 3.04. The van der Waals surface area contributed by atoms with Crippen LogP contribution in [0.5, 0.6) is 5.19 Å². The van der Waals surface area contributed by atoms with E-state index in [-0.39, 0.29) is 11.3 Å². The van der Waals surface area contributed by atoms with Crippen molar-refractivity contribution in [2.75, 3.05) is 7.05 Å². The highest BCUT2D eigenvalue weighted by atomic mass is 32.1. The molecule has 7 heteroatoms. The summed E-state index contributed by atoms with van der Waals surface area (Å²) in [5.74, 6) is 0. The molecule has 0 bridgehead atoms. The van der Waals surface area contributed by atoms with E-state index in [1.807, 2.05) is 6.92 Å². The van der Waals surface area contributed by atoms with Crippen molar-refractivity contribution in [3.05, 3.63) is 10.5 Å². The molecule has 1 amide bonds. The Morgan fingerprint density at radius 3 is 2.94 bits per heavy atom. The second kappa shape index (κ2) is 6.39. The average Bonchev–Trinajstić information content (AvgIpc) is 2.66. The molecule has 1 heterocycles. The van der Waals surface area contributed by atoms with Crippen LogP contribution in [0.3, 0.4) is 0 Å². The van der Waals surface area contributed by atoms with E-state index in [1.165, 1.54) is 7.05 Å². The SMILES string of the molecule is CCCCC(C)Oc1nc(=O)n(C(=O)NC)s1. The Labute approximate surface area is 104 Å². The molecule has 1 unspecified atom stereocenters. The van der Waals surface area contributed by atoms with E-state index in [9.17, 15) is 9.59 Å². The highest BCUT2D eigenvalue weighted by Gasteiger charge is 2.14. The first-order chi connectivity index (χ1) is 8.08. The van der Waals surface area contributed by atoms with Gasteiger partial charge in [0.05, 0.1) is 6.10 Å². The molecule has 0 spiro atoms. The number of nitrogens with one attached hydrogen (secondary N) is 1. The Morgan fingerprint density at radius 2 is 2.35 bits per heavy atom.